The molecule has 1 amide bonds. The van der Waals surface area contributed by atoms with Crippen LogP contribution in [0.15, 0.2) is 61.7 Å². The molecule has 3 heterocycles. The van der Waals surface area contributed by atoms with E-state index in [4.69, 9.17) is 9.47 Å². The highest BCUT2D eigenvalue weighted by molar-refractivity contribution is 5.86. The molecule has 1 aromatic carbocycles. The molecule has 0 bridgehead atoms. The molecule has 244 valence electrons. The Morgan fingerprint density at radius 1 is 1.11 bits per heavy atom. The average Bonchev–Trinajstić information content (AvgIpc) is 3.47. The number of halogens is 3. The maximum absolute atomic E-state index is 15.0. The summed E-state index contributed by atoms with van der Waals surface area (Å²) >= 11 is 0. The predicted molar refractivity (Wildman–Crippen MR) is 155 cm³/mol. The molecule has 0 aliphatic carbocycles. The second-order valence-electron chi connectivity index (χ2n) is 10.8. The first-order valence-electron chi connectivity index (χ1n) is 14.0. The number of carbonyl (C=O) groups is 2. The van der Waals surface area contributed by atoms with Crippen LogP contribution in [0.5, 0.6) is 0 Å². The van der Waals surface area contributed by atoms with Gasteiger partial charge in [0.05, 0.1) is 18.4 Å². The number of esters is 1. The van der Waals surface area contributed by atoms with Crippen molar-refractivity contribution in [2.24, 2.45) is 0 Å². The molecule has 1 N–H and O–H groups in total. The highest BCUT2D eigenvalue weighted by Crippen LogP contribution is 2.39. The van der Waals surface area contributed by atoms with Gasteiger partial charge in [-0.1, -0.05) is 19.1 Å². The normalized spacial score (nSPS) is 14.0. The zero-order chi connectivity index (χ0) is 33.6. The Bertz CT molecular complexity index is 1690. The van der Waals surface area contributed by atoms with E-state index in [0.29, 0.717) is 11.6 Å². The summed E-state index contributed by atoms with van der Waals surface area (Å²) < 4.78 is 57.0. The maximum Gasteiger partial charge on any atom is 0.418 e. The topological polar surface area (TPSA) is 140 Å². The standard InChI is InChI=1S/C30H34F3N8O5/c1-19(27-25(33)12-34-16-36-27)30(44,23-9-8-22(31)11-24(23)32)15-41-18-40(17-37-41)20(2)46-29(43)39(5)28-21(7-6-10-35-28)14-45-26(42)13-38(3)4/h6-12,16-20,44H,13-15H2,1-5H3/q+1/t19-,20?,30?/m0/s1. The van der Waals surface area contributed by atoms with Gasteiger partial charge < -0.3 is 14.6 Å². The number of carbonyl (C=O) groups excluding carboxylic acids is 2. The molecule has 0 fully saturated rings. The minimum Gasteiger partial charge on any atom is -0.460 e. The summed E-state index contributed by atoms with van der Waals surface area (Å²) in [5.74, 6) is -4.10. The number of anilines is 1. The number of nitrogens with zero attached hydrogens (tertiary/aromatic N) is 8. The van der Waals surface area contributed by atoms with Gasteiger partial charge in [0, 0.05) is 48.4 Å². The van der Waals surface area contributed by atoms with Crippen LogP contribution in [0.1, 0.15) is 42.8 Å². The largest absolute Gasteiger partial charge is 0.460 e. The molecule has 2 unspecified atom stereocenters. The molecule has 13 nitrogen and oxygen atoms in total. The van der Waals surface area contributed by atoms with Crippen LogP contribution in [0.3, 0.4) is 0 Å². The molecule has 3 atom stereocenters. The van der Waals surface area contributed by atoms with Crippen LogP contribution >= 0.6 is 0 Å². The Morgan fingerprint density at radius 3 is 2.57 bits per heavy atom. The molecular formula is C30H34F3N8O5+. The Hall–Kier alpha value is -4.96. The lowest BCUT2D eigenvalue weighted by Crippen LogP contribution is -2.42. The molecule has 0 saturated heterocycles. The number of amides is 1. The third kappa shape index (κ3) is 7.81. The molecule has 0 saturated carbocycles. The number of hydrogen-bond acceptors (Lipinski definition) is 10. The molecule has 16 heteroatoms. The number of likely N-dealkylation sites (N-methyl/N-ethyl adjacent to an activating group) is 1. The fourth-order valence-electron chi connectivity index (χ4n) is 4.70. The van der Waals surface area contributed by atoms with Crippen LogP contribution in [0.4, 0.5) is 23.8 Å². The van der Waals surface area contributed by atoms with Crippen molar-refractivity contribution in [2.75, 3.05) is 32.6 Å². The van der Waals surface area contributed by atoms with Crippen molar-refractivity contribution in [1.82, 2.24) is 29.6 Å². The highest BCUT2D eigenvalue weighted by atomic mass is 19.1. The Labute approximate surface area is 262 Å². The summed E-state index contributed by atoms with van der Waals surface area (Å²) in [6.45, 7) is 2.56. The van der Waals surface area contributed by atoms with E-state index < -0.39 is 53.8 Å². The number of pyridine rings is 1. The van der Waals surface area contributed by atoms with Crippen LogP contribution in [0, 0.1) is 17.5 Å². The second kappa shape index (κ2) is 14.4. The zero-order valence-electron chi connectivity index (χ0n) is 25.8. The summed E-state index contributed by atoms with van der Waals surface area (Å²) in [6.07, 6.45) is 4.48. The summed E-state index contributed by atoms with van der Waals surface area (Å²) in [7, 11) is 4.91. The summed E-state index contributed by atoms with van der Waals surface area (Å²) in [5.41, 5.74) is -2.18. The van der Waals surface area contributed by atoms with Crippen LogP contribution in [0.2, 0.25) is 0 Å². The fourth-order valence-corrected chi connectivity index (χ4v) is 4.70. The quantitative estimate of drug-likeness (QED) is 0.181. The van der Waals surface area contributed by atoms with Gasteiger partial charge in [-0.2, -0.15) is 4.57 Å². The van der Waals surface area contributed by atoms with E-state index in [1.807, 2.05) is 0 Å². The van der Waals surface area contributed by atoms with Crippen LogP contribution < -0.4 is 9.47 Å². The lowest BCUT2D eigenvalue weighted by molar-refractivity contribution is -0.753. The first-order chi connectivity index (χ1) is 21.8. The predicted octanol–water partition coefficient (Wildman–Crippen LogP) is 2.86. The Balaban J connectivity index is 1.52. The third-order valence-corrected chi connectivity index (χ3v) is 7.21. The van der Waals surface area contributed by atoms with Gasteiger partial charge >= 0.3 is 12.1 Å². The van der Waals surface area contributed by atoms with Gasteiger partial charge in [-0.25, -0.2) is 32.9 Å². The molecule has 4 rings (SSSR count). The molecule has 0 aliphatic heterocycles. The molecule has 4 aromatic rings. The Kier molecular flexibility index (Phi) is 10.6. The molecule has 0 spiro atoms. The van der Waals surface area contributed by atoms with Gasteiger partial charge in [0.2, 0.25) is 12.6 Å². The number of rotatable bonds is 12. The minimum absolute atomic E-state index is 0.0859. The van der Waals surface area contributed by atoms with Gasteiger partial charge in [-0.05, 0) is 26.2 Å². The average molecular weight is 644 g/mol. The smallest absolute Gasteiger partial charge is 0.418 e. The number of ether oxygens (including phenoxy) is 2. The number of benzene rings is 1. The summed E-state index contributed by atoms with van der Waals surface area (Å²) in [5, 5.41) is 16.1. The van der Waals surface area contributed by atoms with Gasteiger partial charge in [0.15, 0.2) is 5.82 Å². The molecule has 3 aromatic heterocycles. The fraction of sp³-hybridized carbons (Fsp3) is 0.367. The molecule has 46 heavy (non-hydrogen) atoms. The van der Waals surface area contributed by atoms with E-state index in [0.717, 1.165) is 29.6 Å². The van der Waals surface area contributed by atoms with Gasteiger partial charge in [0.25, 0.3) is 6.33 Å². The first-order valence-corrected chi connectivity index (χ1v) is 14.0. The van der Waals surface area contributed by atoms with E-state index in [1.165, 1.54) is 42.1 Å². The summed E-state index contributed by atoms with van der Waals surface area (Å²) in [6, 6.07) is 5.98. The van der Waals surface area contributed by atoms with Crippen molar-refractivity contribution in [3.8, 4) is 0 Å². The van der Waals surface area contributed by atoms with Crippen LogP contribution in [-0.4, -0.2) is 74.5 Å². The van der Waals surface area contributed by atoms with Gasteiger partial charge in [-0.3, -0.25) is 14.6 Å². The number of aromatic nitrogens is 6. The van der Waals surface area contributed by atoms with Crippen molar-refractivity contribution in [3.63, 3.8) is 0 Å². The number of hydrogen-bond donors (Lipinski definition) is 1. The maximum atomic E-state index is 15.0. The lowest BCUT2D eigenvalue weighted by Gasteiger charge is -2.32. The number of aliphatic hydroxyl groups is 1. The van der Waals surface area contributed by atoms with Crippen LogP contribution in [0.25, 0.3) is 0 Å². The van der Waals surface area contributed by atoms with Gasteiger partial charge in [-0.15, -0.1) is 4.68 Å². The van der Waals surface area contributed by atoms with E-state index in [1.54, 1.807) is 38.1 Å². The van der Waals surface area contributed by atoms with Gasteiger partial charge in [0.1, 0.15) is 42.5 Å². The van der Waals surface area contributed by atoms with E-state index in [-0.39, 0.29) is 30.2 Å². The second-order valence-corrected chi connectivity index (χ2v) is 10.8. The van der Waals surface area contributed by atoms with Crippen molar-refractivity contribution in [2.45, 2.75) is 44.7 Å². The molecular weight excluding hydrogens is 609 g/mol. The van der Waals surface area contributed by atoms with E-state index >= 15 is 4.39 Å². The SMILES string of the molecule is CC(OC(=O)N(C)c1ncccc1COC(=O)CN(C)C)[n+]1cnn(CC(O)(c2ccc(F)cc2F)[C@@H](C)c2ncncc2F)c1. The van der Waals surface area contributed by atoms with E-state index in [9.17, 15) is 23.5 Å². The third-order valence-electron chi connectivity index (χ3n) is 7.21. The minimum atomic E-state index is -2.16. The van der Waals surface area contributed by atoms with Crippen molar-refractivity contribution in [3.05, 3.63) is 96.0 Å². The lowest BCUT2D eigenvalue weighted by atomic mass is 9.79. The highest BCUT2D eigenvalue weighted by Gasteiger charge is 2.43. The van der Waals surface area contributed by atoms with Crippen molar-refractivity contribution < 1.29 is 41.9 Å². The van der Waals surface area contributed by atoms with E-state index in [2.05, 4.69) is 20.1 Å². The van der Waals surface area contributed by atoms with Crippen molar-refractivity contribution in [1.29, 1.82) is 0 Å². The summed E-state index contributed by atoms with van der Waals surface area (Å²) in [4.78, 5) is 39.7. The zero-order valence-corrected chi connectivity index (χ0v) is 25.8. The monoisotopic (exact) mass is 643 g/mol. The van der Waals surface area contributed by atoms with Crippen LogP contribution in [-0.2, 0) is 33.0 Å². The van der Waals surface area contributed by atoms with Crippen molar-refractivity contribution >= 4 is 17.9 Å². The molecule has 0 radical (unpaired) electrons. The molecule has 0 aliphatic rings. The first kappa shape index (κ1) is 33.9. The Morgan fingerprint density at radius 2 is 1.87 bits per heavy atom.